The summed E-state index contributed by atoms with van der Waals surface area (Å²) < 4.78 is 1.93. The van der Waals surface area contributed by atoms with Gasteiger partial charge < -0.3 is 4.90 Å². The topological polar surface area (TPSA) is 20.3 Å². The number of rotatable bonds is 4. The molecule has 0 radical (unpaired) electrons. The molecule has 3 rings (SSSR count). The summed E-state index contributed by atoms with van der Waals surface area (Å²) in [7, 11) is 0. The lowest BCUT2D eigenvalue weighted by molar-refractivity contribution is 0.0736. The highest BCUT2D eigenvalue weighted by molar-refractivity contribution is 9.13. The Labute approximate surface area is 136 Å². The van der Waals surface area contributed by atoms with Crippen molar-refractivity contribution in [2.75, 3.05) is 0 Å². The highest BCUT2D eigenvalue weighted by Crippen LogP contribution is 2.36. The smallest absolute Gasteiger partial charge is 0.264 e. The first-order valence-electron chi connectivity index (χ1n) is 5.93. The van der Waals surface area contributed by atoms with Crippen molar-refractivity contribution in [3.63, 3.8) is 0 Å². The van der Waals surface area contributed by atoms with Gasteiger partial charge >= 0.3 is 0 Å². The molecule has 2 heterocycles. The van der Waals surface area contributed by atoms with Crippen LogP contribution in [-0.2, 0) is 6.54 Å². The molecule has 0 aliphatic heterocycles. The molecule has 0 N–H and O–H groups in total. The molecular formula is C13H11Br2NOS2. The summed E-state index contributed by atoms with van der Waals surface area (Å²) >= 11 is 10.1. The first kappa shape index (κ1) is 13.8. The minimum Gasteiger partial charge on any atom is -0.330 e. The summed E-state index contributed by atoms with van der Waals surface area (Å²) in [4.78, 5) is 16.7. The normalized spacial score (nSPS) is 14.6. The van der Waals surface area contributed by atoms with E-state index < -0.39 is 0 Å². The monoisotopic (exact) mass is 419 g/mol. The minimum atomic E-state index is 0.146. The lowest BCUT2D eigenvalue weighted by Gasteiger charge is -2.20. The second-order valence-corrected chi connectivity index (χ2v) is 8.73. The average Bonchev–Trinajstić information content (AvgIpc) is 3.00. The van der Waals surface area contributed by atoms with E-state index in [1.165, 1.54) is 16.2 Å². The molecule has 100 valence electrons. The van der Waals surface area contributed by atoms with E-state index in [0.29, 0.717) is 6.04 Å². The van der Waals surface area contributed by atoms with Crippen molar-refractivity contribution in [1.82, 2.24) is 4.90 Å². The third kappa shape index (κ3) is 3.12. The number of nitrogens with zero attached hydrogens (tertiary/aromatic N) is 1. The summed E-state index contributed by atoms with van der Waals surface area (Å²) in [6.45, 7) is 0.730. The maximum Gasteiger partial charge on any atom is 0.264 e. The number of halogens is 2. The van der Waals surface area contributed by atoms with Gasteiger partial charge in [0.25, 0.3) is 5.91 Å². The first-order valence-corrected chi connectivity index (χ1v) is 9.21. The van der Waals surface area contributed by atoms with E-state index in [4.69, 9.17) is 0 Å². The van der Waals surface area contributed by atoms with Gasteiger partial charge in [-0.15, -0.1) is 22.7 Å². The van der Waals surface area contributed by atoms with E-state index in [1.54, 1.807) is 11.3 Å². The van der Waals surface area contributed by atoms with E-state index in [-0.39, 0.29) is 5.91 Å². The number of thiophene rings is 2. The van der Waals surface area contributed by atoms with Crippen LogP contribution in [0.25, 0.3) is 0 Å². The predicted octanol–water partition coefficient (Wildman–Crippen LogP) is 5.14. The van der Waals surface area contributed by atoms with Crippen LogP contribution in [0.4, 0.5) is 0 Å². The van der Waals surface area contributed by atoms with Crippen molar-refractivity contribution >= 4 is 60.4 Å². The van der Waals surface area contributed by atoms with Gasteiger partial charge in [-0.1, -0.05) is 6.07 Å². The van der Waals surface area contributed by atoms with Gasteiger partial charge in [-0.05, 0) is 62.2 Å². The molecule has 0 atom stereocenters. The first-order chi connectivity index (χ1) is 9.15. The summed E-state index contributed by atoms with van der Waals surface area (Å²) in [5.41, 5.74) is 0. The van der Waals surface area contributed by atoms with Crippen LogP contribution < -0.4 is 0 Å². The van der Waals surface area contributed by atoms with Gasteiger partial charge in [-0.25, -0.2) is 0 Å². The third-order valence-corrected chi connectivity index (χ3v) is 7.12. The maximum atomic E-state index is 12.6. The van der Waals surface area contributed by atoms with Crippen LogP contribution in [-0.4, -0.2) is 16.8 Å². The summed E-state index contributed by atoms with van der Waals surface area (Å²) in [5.74, 6) is 0.146. The maximum absolute atomic E-state index is 12.6. The molecule has 2 aromatic rings. The zero-order valence-corrected chi connectivity index (χ0v) is 14.7. The molecule has 2 nitrogen and oxygen atoms in total. The van der Waals surface area contributed by atoms with E-state index >= 15 is 0 Å². The lowest BCUT2D eigenvalue weighted by atomic mass is 10.3. The molecular weight excluding hydrogens is 410 g/mol. The molecule has 0 bridgehead atoms. The van der Waals surface area contributed by atoms with Crippen LogP contribution >= 0.6 is 54.5 Å². The number of amides is 1. The fourth-order valence-corrected chi connectivity index (χ4v) is 4.61. The predicted molar refractivity (Wildman–Crippen MR) is 86.9 cm³/mol. The molecule has 1 amide bonds. The number of carbonyl (C=O) groups is 1. The Morgan fingerprint density at radius 2 is 2.21 bits per heavy atom. The van der Waals surface area contributed by atoms with Crippen LogP contribution in [0.15, 0.2) is 31.8 Å². The van der Waals surface area contributed by atoms with Gasteiger partial charge in [-0.2, -0.15) is 0 Å². The van der Waals surface area contributed by atoms with Crippen LogP contribution in [0.1, 0.15) is 27.4 Å². The number of hydrogen-bond acceptors (Lipinski definition) is 3. The molecule has 0 aromatic carbocycles. The van der Waals surface area contributed by atoms with E-state index in [0.717, 1.165) is 32.5 Å². The summed E-state index contributed by atoms with van der Waals surface area (Å²) in [5, 5.41) is 2.06. The third-order valence-electron chi connectivity index (χ3n) is 3.01. The van der Waals surface area contributed by atoms with Gasteiger partial charge in [0.1, 0.15) is 0 Å². The van der Waals surface area contributed by atoms with Crippen molar-refractivity contribution in [2.24, 2.45) is 0 Å². The van der Waals surface area contributed by atoms with Crippen molar-refractivity contribution in [2.45, 2.75) is 25.4 Å². The molecule has 1 saturated carbocycles. The van der Waals surface area contributed by atoms with Crippen LogP contribution in [0.5, 0.6) is 0 Å². The molecule has 0 spiro atoms. The van der Waals surface area contributed by atoms with Crippen LogP contribution in [0.2, 0.25) is 0 Å². The standard InChI is InChI=1S/C13H11Br2NOS2/c14-10-6-11(19-12(10)15)13(17)16(8-3-4-8)7-9-2-1-5-18-9/h1-2,5-6,8H,3-4,7H2. The average molecular weight is 421 g/mol. The van der Waals surface area contributed by atoms with E-state index in [1.807, 2.05) is 17.0 Å². The molecule has 2 aromatic heterocycles. The number of carbonyl (C=O) groups excluding carboxylic acids is 1. The molecule has 1 aliphatic rings. The Hall–Kier alpha value is -0.170. The Kier molecular flexibility index (Phi) is 4.12. The Morgan fingerprint density at radius 3 is 2.74 bits per heavy atom. The van der Waals surface area contributed by atoms with Gasteiger partial charge in [-0.3, -0.25) is 4.79 Å². The van der Waals surface area contributed by atoms with Gasteiger partial charge in [0, 0.05) is 15.4 Å². The van der Waals surface area contributed by atoms with Crippen molar-refractivity contribution < 1.29 is 4.79 Å². The second kappa shape index (κ2) is 5.68. The van der Waals surface area contributed by atoms with Gasteiger partial charge in [0.15, 0.2) is 0 Å². The van der Waals surface area contributed by atoms with Gasteiger partial charge in [0.2, 0.25) is 0 Å². The molecule has 0 unspecified atom stereocenters. The highest BCUT2D eigenvalue weighted by atomic mass is 79.9. The Morgan fingerprint density at radius 1 is 1.42 bits per heavy atom. The molecule has 19 heavy (non-hydrogen) atoms. The molecule has 1 fully saturated rings. The molecule has 6 heteroatoms. The fourth-order valence-electron chi connectivity index (χ4n) is 1.92. The molecule has 0 saturated heterocycles. The fraction of sp³-hybridized carbons (Fsp3) is 0.308. The van der Waals surface area contributed by atoms with Crippen molar-refractivity contribution in [1.29, 1.82) is 0 Å². The van der Waals surface area contributed by atoms with E-state index in [2.05, 4.69) is 43.3 Å². The van der Waals surface area contributed by atoms with Crippen LogP contribution in [0, 0.1) is 0 Å². The van der Waals surface area contributed by atoms with Crippen molar-refractivity contribution in [3.05, 3.63) is 41.6 Å². The number of hydrogen-bond donors (Lipinski definition) is 0. The second-order valence-electron chi connectivity index (χ2n) is 4.48. The largest absolute Gasteiger partial charge is 0.330 e. The quantitative estimate of drug-likeness (QED) is 0.670. The van der Waals surface area contributed by atoms with Crippen LogP contribution in [0.3, 0.4) is 0 Å². The summed E-state index contributed by atoms with van der Waals surface area (Å²) in [6, 6.07) is 6.46. The van der Waals surface area contributed by atoms with Crippen molar-refractivity contribution in [3.8, 4) is 0 Å². The van der Waals surface area contributed by atoms with Gasteiger partial charge in [0.05, 0.1) is 15.2 Å². The zero-order chi connectivity index (χ0) is 13.4. The molecule has 1 aliphatic carbocycles. The minimum absolute atomic E-state index is 0.146. The van der Waals surface area contributed by atoms with E-state index in [9.17, 15) is 4.79 Å². The summed E-state index contributed by atoms with van der Waals surface area (Å²) in [6.07, 6.45) is 2.26. The SMILES string of the molecule is O=C(c1cc(Br)c(Br)s1)N(Cc1cccs1)C1CC1. The zero-order valence-electron chi connectivity index (χ0n) is 9.94. The Bertz CT molecular complexity index is 570. The Balaban J connectivity index is 1.81. The lowest BCUT2D eigenvalue weighted by Crippen LogP contribution is -2.31. The highest BCUT2D eigenvalue weighted by Gasteiger charge is 2.34.